The molecule has 3 rings (SSSR count). The lowest BCUT2D eigenvalue weighted by atomic mass is 9.86. The average Bonchev–Trinajstić information content (AvgIpc) is 2.68. The highest BCUT2D eigenvalue weighted by Crippen LogP contribution is 2.23. The number of carbonyl (C=O) groups is 1. The largest absolute Gasteiger partial charge is 0.354 e. The third kappa shape index (κ3) is 3.74. The summed E-state index contributed by atoms with van der Waals surface area (Å²) >= 11 is 0. The van der Waals surface area contributed by atoms with Crippen molar-refractivity contribution in [2.45, 2.75) is 26.2 Å². The Labute approximate surface area is 164 Å². The SMILES string of the molecule is Cn1c(N2CCN(C(=O)c3ccc(C(C)(C)C)cc3)CC2)cc(=O)n(C)c1=O. The van der Waals surface area contributed by atoms with Gasteiger partial charge in [-0.3, -0.25) is 18.7 Å². The first-order chi connectivity index (χ1) is 13.1. The van der Waals surface area contributed by atoms with Gasteiger partial charge in [-0.2, -0.15) is 0 Å². The van der Waals surface area contributed by atoms with Crippen LogP contribution in [0.25, 0.3) is 0 Å². The summed E-state index contributed by atoms with van der Waals surface area (Å²) in [6.07, 6.45) is 0. The van der Waals surface area contributed by atoms with Gasteiger partial charge in [-0.1, -0.05) is 32.9 Å². The first kappa shape index (κ1) is 19.9. The third-order valence-electron chi connectivity index (χ3n) is 5.39. The molecule has 0 aliphatic carbocycles. The Bertz CT molecular complexity index is 988. The van der Waals surface area contributed by atoms with Crippen molar-refractivity contribution in [1.82, 2.24) is 14.0 Å². The number of piperazine rings is 1. The topological polar surface area (TPSA) is 67.5 Å². The molecule has 28 heavy (non-hydrogen) atoms. The van der Waals surface area contributed by atoms with E-state index >= 15 is 0 Å². The second-order valence-electron chi connectivity index (χ2n) is 8.35. The lowest BCUT2D eigenvalue weighted by molar-refractivity contribution is 0.0746. The minimum absolute atomic E-state index is 0.0120. The van der Waals surface area contributed by atoms with Crippen LogP contribution in [0.15, 0.2) is 39.9 Å². The van der Waals surface area contributed by atoms with Crippen LogP contribution in [0.5, 0.6) is 0 Å². The van der Waals surface area contributed by atoms with E-state index in [0.717, 1.165) is 4.57 Å². The molecule has 7 heteroatoms. The lowest BCUT2D eigenvalue weighted by Gasteiger charge is -2.36. The van der Waals surface area contributed by atoms with Crippen molar-refractivity contribution in [2.24, 2.45) is 14.1 Å². The maximum Gasteiger partial charge on any atom is 0.332 e. The molecule has 0 saturated carbocycles. The fourth-order valence-corrected chi connectivity index (χ4v) is 3.46. The third-order valence-corrected chi connectivity index (χ3v) is 5.39. The highest BCUT2D eigenvalue weighted by molar-refractivity contribution is 5.94. The number of amides is 1. The van der Waals surface area contributed by atoms with Crippen LogP contribution in [0.2, 0.25) is 0 Å². The zero-order valence-electron chi connectivity index (χ0n) is 17.2. The van der Waals surface area contributed by atoms with E-state index in [4.69, 9.17) is 0 Å². The first-order valence-corrected chi connectivity index (χ1v) is 9.51. The summed E-state index contributed by atoms with van der Waals surface area (Å²) in [4.78, 5) is 40.7. The fourth-order valence-electron chi connectivity index (χ4n) is 3.46. The number of carbonyl (C=O) groups excluding carboxylic acids is 1. The van der Waals surface area contributed by atoms with Gasteiger partial charge in [0.05, 0.1) is 0 Å². The lowest BCUT2D eigenvalue weighted by Crippen LogP contribution is -2.51. The van der Waals surface area contributed by atoms with Gasteiger partial charge in [0.2, 0.25) is 0 Å². The van der Waals surface area contributed by atoms with Crippen molar-refractivity contribution >= 4 is 11.7 Å². The van der Waals surface area contributed by atoms with E-state index in [-0.39, 0.29) is 22.6 Å². The number of hydrogen-bond donors (Lipinski definition) is 0. The second kappa shape index (κ2) is 7.30. The molecule has 0 spiro atoms. The minimum atomic E-state index is -0.347. The van der Waals surface area contributed by atoms with Crippen LogP contribution in [0.1, 0.15) is 36.7 Å². The number of nitrogens with zero attached hydrogens (tertiary/aromatic N) is 4. The van der Waals surface area contributed by atoms with Crippen LogP contribution < -0.4 is 16.1 Å². The van der Waals surface area contributed by atoms with Gasteiger partial charge in [-0.25, -0.2) is 4.79 Å². The molecule has 150 valence electrons. The van der Waals surface area contributed by atoms with E-state index in [0.29, 0.717) is 37.6 Å². The average molecular weight is 384 g/mol. The van der Waals surface area contributed by atoms with E-state index in [1.54, 1.807) is 7.05 Å². The Morgan fingerprint density at radius 1 is 0.893 bits per heavy atom. The number of hydrogen-bond acceptors (Lipinski definition) is 4. The summed E-state index contributed by atoms with van der Waals surface area (Å²) in [5, 5.41) is 0. The molecular weight excluding hydrogens is 356 g/mol. The molecule has 7 nitrogen and oxygen atoms in total. The highest BCUT2D eigenvalue weighted by Gasteiger charge is 2.24. The molecule has 0 bridgehead atoms. The number of benzene rings is 1. The van der Waals surface area contributed by atoms with Crippen molar-refractivity contribution in [1.29, 1.82) is 0 Å². The number of aromatic nitrogens is 2. The molecule has 1 fully saturated rings. The van der Waals surface area contributed by atoms with Crippen molar-refractivity contribution in [3.8, 4) is 0 Å². The van der Waals surface area contributed by atoms with Crippen LogP contribution in [0, 0.1) is 0 Å². The minimum Gasteiger partial charge on any atom is -0.354 e. The first-order valence-electron chi connectivity index (χ1n) is 9.51. The monoisotopic (exact) mass is 384 g/mol. The quantitative estimate of drug-likeness (QED) is 0.784. The van der Waals surface area contributed by atoms with E-state index in [9.17, 15) is 14.4 Å². The summed E-state index contributed by atoms with van der Waals surface area (Å²) in [5.74, 6) is 0.604. The Morgan fingerprint density at radius 2 is 1.46 bits per heavy atom. The van der Waals surface area contributed by atoms with Crippen LogP contribution in [-0.2, 0) is 19.5 Å². The maximum absolute atomic E-state index is 12.8. The summed E-state index contributed by atoms with van der Waals surface area (Å²) in [5.41, 5.74) is 1.26. The van der Waals surface area contributed by atoms with Gasteiger partial charge in [0.1, 0.15) is 5.82 Å². The highest BCUT2D eigenvalue weighted by atomic mass is 16.2. The Hall–Kier alpha value is -2.83. The summed E-state index contributed by atoms with van der Waals surface area (Å²) in [6.45, 7) is 8.68. The molecule has 1 aromatic carbocycles. The van der Waals surface area contributed by atoms with Crippen LogP contribution in [0.3, 0.4) is 0 Å². The van der Waals surface area contributed by atoms with Crippen LogP contribution in [-0.4, -0.2) is 46.1 Å². The smallest absolute Gasteiger partial charge is 0.332 e. The van der Waals surface area contributed by atoms with Crippen molar-refractivity contribution in [3.05, 3.63) is 62.3 Å². The Balaban J connectivity index is 1.71. The van der Waals surface area contributed by atoms with Crippen LogP contribution in [0.4, 0.5) is 5.82 Å². The molecule has 0 N–H and O–H groups in total. The van der Waals surface area contributed by atoms with Crippen molar-refractivity contribution in [3.63, 3.8) is 0 Å². The zero-order valence-corrected chi connectivity index (χ0v) is 17.2. The van der Waals surface area contributed by atoms with E-state index in [2.05, 4.69) is 20.8 Å². The number of anilines is 1. The predicted molar refractivity (Wildman–Crippen MR) is 110 cm³/mol. The van der Waals surface area contributed by atoms with Crippen LogP contribution >= 0.6 is 0 Å². The molecule has 1 aliphatic rings. The summed E-state index contributed by atoms with van der Waals surface area (Å²) in [6, 6.07) is 9.28. The molecule has 2 aromatic rings. The molecule has 0 radical (unpaired) electrons. The Morgan fingerprint density at radius 3 is 2.00 bits per heavy atom. The molecule has 0 atom stereocenters. The van der Waals surface area contributed by atoms with Gasteiger partial charge in [0.15, 0.2) is 0 Å². The Kier molecular flexibility index (Phi) is 5.19. The van der Waals surface area contributed by atoms with Gasteiger partial charge in [0, 0.05) is 51.9 Å². The summed E-state index contributed by atoms with van der Waals surface area (Å²) in [7, 11) is 3.13. The standard InChI is InChI=1S/C21H28N4O3/c1-21(2,3)16-8-6-15(7-9-16)19(27)25-12-10-24(11-13-25)17-14-18(26)23(5)20(28)22(17)4/h6-9,14H,10-13H2,1-5H3. The zero-order chi connectivity index (χ0) is 20.6. The molecular formula is C21H28N4O3. The molecule has 1 saturated heterocycles. The second-order valence-corrected chi connectivity index (χ2v) is 8.35. The predicted octanol–water partition coefficient (Wildman–Crippen LogP) is 1.34. The van der Waals surface area contributed by atoms with E-state index in [1.165, 1.54) is 23.2 Å². The van der Waals surface area contributed by atoms with E-state index in [1.807, 2.05) is 34.1 Å². The molecule has 2 heterocycles. The van der Waals surface area contributed by atoms with Crippen molar-refractivity contribution < 1.29 is 4.79 Å². The maximum atomic E-state index is 12.8. The molecule has 1 aliphatic heterocycles. The van der Waals surface area contributed by atoms with E-state index < -0.39 is 0 Å². The van der Waals surface area contributed by atoms with Crippen molar-refractivity contribution in [2.75, 3.05) is 31.1 Å². The fraction of sp³-hybridized carbons (Fsp3) is 0.476. The van der Waals surface area contributed by atoms with Gasteiger partial charge in [-0.15, -0.1) is 0 Å². The summed E-state index contributed by atoms with van der Waals surface area (Å²) < 4.78 is 2.56. The molecule has 0 unspecified atom stereocenters. The van der Waals surface area contributed by atoms with Gasteiger partial charge < -0.3 is 9.80 Å². The normalized spacial score (nSPS) is 15.0. The molecule has 1 amide bonds. The van der Waals surface area contributed by atoms with Gasteiger partial charge in [0.25, 0.3) is 11.5 Å². The van der Waals surface area contributed by atoms with Gasteiger partial charge in [-0.05, 0) is 23.1 Å². The molecule has 1 aromatic heterocycles. The number of rotatable bonds is 2. The van der Waals surface area contributed by atoms with Gasteiger partial charge >= 0.3 is 5.69 Å².